The van der Waals surface area contributed by atoms with E-state index < -0.39 is 22.5 Å². The van der Waals surface area contributed by atoms with Crippen LogP contribution in [0.3, 0.4) is 0 Å². The van der Waals surface area contributed by atoms with E-state index in [1.807, 2.05) is 48.0 Å². The minimum absolute atomic E-state index is 0.116. The van der Waals surface area contributed by atoms with E-state index in [1.54, 1.807) is 12.1 Å². The molecule has 5 aromatic rings. The van der Waals surface area contributed by atoms with Gasteiger partial charge in [0.05, 0.1) is 22.7 Å². The van der Waals surface area contributed by atoms with Crippen LogP contribution in [0.25, 0.3) is 27.4 Å². The maximum absolute atomic E-state index is 13.8. The Bertz CT molecular complexity index is 1760. The summed E-state index contributed by atoms with van der Waals surface area (Å²) in [6.07, 6.45) is 3.48. The fourth-order valence-electron chi connectivity index (χ4n) is 4.45. The summed E-state index contributed by atoms with van der Waals surface area (Å²) >= 11 is 12.2. The first kappa shape index (κ1) is 27.1. The molecule has 0 saturated carbocycles. The van der Waals surface area contributed by atoms with Gasteiger partial charge in [-0.1, -0.05) is 66.9 Å². The Morgan fingerprint density at radius 2 is 1.62 bits per heavy atom. The topological polar surface area (TPSA) is 68.6 Å². The number of aromatic nitrogens is 1. The largest absolute Gasteiger partial charge is 0.464 e. The number of anilines is 1. The molecule has 0 amide bonds. The lowest BCUT2D eigenvalue weighted by Crippen LogP contribution is -2.36. The Morgan fingerprint density at radius 1 is 0.872 bits per heavy atom. The molecule has 0 atom stereocenters. The van der Waals surface area contributed by atoms with Crippen LogP contribution in [0.2, 0.25) is 10.0 Å². The highest BCUT2D eigenvalue weighted by Crippen LogP contribution is 2.32. The summed E-state index contributed by atoms with van der Waals surface area (Å²) in [6, 6.07) is 25.6. The van der Waals surface area contributed by atoms with Crippen LogP contribution in [0, 0.1) is 0 Å². The van der Waals surface area contributed by atoms with E-state index in [0.29, 0.717) is 12.1 Å². The molecular formula is C30H26Cl2N2O4S. The van der Waals surface area contributed by atoms with Crippen molar-refractivity contribution in [2.75, 3.05) is 17.5 Å². The standard InChI is InChI=1S/C30H26Cl2N2O4S/c1-2-3-14-38-30(35)20-34(39(36,37)28-18-24(31)17-25(32)19-28)27-10-11-29-23(16-27)12-13-33(29)26-9-8-21-6-4-5-7-22(21)15-26/h4-13,15-19H,2-3,14,20H2,1H3. The molecule has 200 valence electrons. The zero-order chi connectivity index (χ0) is 27.6. The quantitative estimate of drug-likeness (QED) is 0.133. The van der Waals surface area contributed by atoms with Gasteiger partial charge in [-0.15, -0.1) is 0 Å². The first-order chi connectivity index (χ1) is 18.8. The van der Waals surface area contributed by atoms with Crippen molar-refractivity contribution >= 4 is 66.6 Å². The molecule has 6 nitrogen and oxygen atoms in total. The fourth-order valence-corrected chi connectivity index (χ4v) is 6.58. The summed E-state index contributed by atoms with van der Waals surface area (Å²) in [7, 11) is -4.21. The maximum Gasteiger partial charge on any atom is 0.326 e. The summed E-state index contributed by atoms with van der Waals surface area (Å²) in [5, 5.41) is 3.42. The lowest BCUT2D eigenvalue weighted by molar-refractivity contribution is -0.141. The molecule has 39 heavy (non-hydrogen) atoms. The van der Waals surface area contributed by atoms with Gasteiger partial charge in [-0.05, 0) is 71.8 Å². The van der Waals surface area contributed by atoms with Crippen LogP contribution in [0.5, 0.6) is 0 Å². The van der Waals surface area contributed by atoms with Crippen LogP contribution in [0.15, 0.2) is 96.0 Å². The number of nitrogens with zero attached hydrogens (tertiary/aromatic N) is 2. The van der Waals surface area contributed by atoms with Crippen LogP contribution in [0.4, 0.5) is 5.69 Å². The average Bonchev–Trinajstić information content (AvgIpc) is 3.34. The highest BCUT2D eigenvalue weighted by molar-refractivity contribution is 7.92. The Morgan fingerprint density at radius 3 is 2.36 bits per heavy atom. The van der Waals surface area contributed by atoms with Gasteiger partial charge < -0.3 is 9.30 Å². The van der Waals surface area contributed by atoms with Crippen molar-refractivity contribution in [3.8, 4) is 5.69 Å². The molecule has 0 saturated heterocycles. The second-order valence-electron chi connectivity index (χ2n) is 9.15. The third kappa shape index (κ3) is 5.76. The molecule has 0 aliphatic carbocycles. The molecule has 0 N–H and O–H groups in total. The number of sulfonamides is 1. The van der Waals surface area contributed by atoms with Crippen LogP contribution in [-0.2, 0) is 19.6 Å². The van der Waals surface area contributed by atoms with Crippen molar-refractivity contribution in [1.29, 1.82) is 0 Å². The molecular weight excluding hydrogens is 555 g/mol. The van der Waals surface area contributed by atoms with Gasteiger partial charge in [-0.25, -0.2) is 8.42 Å². The van der Waals surface area contributed by atoms with Gasteiger partial charge in [0.2, 0.25) is 0 Å². The molecule has 0 spiro atoms. The van der Waals surface area contributed by atoms with Crippen LogP contribution in [0.1, 0.15) is 19.8 Å². The molecule has 4 aromatic carbocycles. The number of rotatable bonds is 9. The zero-order valence-corrected chi connectivity index (χ0v) is 23.5. The van der Waals surface area contributed by atoms with Gasteiger partial charge in [-0.3, -0.25) is 9.10 Å². The number of ether oxygens (including phenoxy) is 1. The summed E-state index contributed by atoms with van der Waals surface area (Å²) in [5.74, 6) is -0.644. The second kappa shape index (κ2) is 11.3. The van der Waals surface area contributed by atoms with E-state index >= 15 is 0 Å². The monoisotopic (exact) mass is 580 g/mol. The van der Waals surface area contributed by atoms with E-state index in [9.17, 15) is 13.2 Å². The number of hydrogen-bond donors (Lipinski definition) is 0. The lowest BCUT2D eigenvalue weighted by atomic mass is 10.1. The van der Waals surface area contributed by atoms with E-state index in [0.717, 1.165) is 38.1 Å². The summed E-state index contributed by atoms with van der Waals surface area (Å²) in [4.78, 5) is 12.6. The van der Waals surface area contributed by atoms with Gasteiger partial charge in [0.15, 0.2) is 0 Å². The normalized spacial score (nSPS) is 11.7. The van der Waals surface area contributed by atoms with Crippen molar-refractivity contribution in [2.45, 2.75) is 24.7 Å². The second-order valence-corrected chi connectivity index (χ2v) is 11.9. The molecule has 0 fully saturated rings. The van der Waals surface area contributed by atoms with E-state index in [-0.39, 0.29) is 21.5 Å². The maximum atomic E-state index is 13.8. The van der Waals surface area contributed by atoms with Gasteiger partial charge in [-0.2, -0.15) is 0 Å². The van der Waals surface area contributed by atoms with E-state index in [1.165, 1.54) is 18.2 Å². The number of carbonyl (C=O) groups is 1. The lowest BCUT2D eigenvalue weighted by Gasteiger charge is -2.24. The highest BCUT2D eigenvalue weighted by atomic mass is 35.5. The van der Waals surface area contributed by atoms with E-state index in [4.69, 9.17) is 27.9 Å². The van der Waals surface area contributed by atoms with E-state index in [2.05, 4.69) is 24.3 Å². The number of hydrogen-bond acceptors (Lipinski definition) is 4. The Labute approximate surface area is 237 Å². The Balaban J connectivity index is 1.55. The van der Waals surface area contributed by atoms with Crippen molar-refractivity contribution in [1.82, 2.24) is 4.57 Å². The number of benzene rings is 4. The highest BCUT2D eigenvalue weighted by Gasteiger charge is 2.29. The first-order valence-corrected chi connectivity index (χ1v) is 14.7. The molecule has 0 bridgehead atoms. The Kier molecular flexibility index (Phi) is 7.84. The minimum Gasteiger partial charge on any atom is -0.464 e. The average molecular weight is 582 g/mol. The molecule has 1 aromatic heterocycles. The summed E-state index contributed by atoms with van der Waals surface area (Å²) < 4.78 is 35.9. The van der Waals surface area contributed by atoms with Gasteiger partial charge in [0, 0.05) is 27.3 Å². The predicted octanol–water partition coefficient (Wildman–Crippen LogP) is 7.63. The SMILES string of the molecule is CCCCOC(=O)CN(c1ccc2c(ccn2-c2ccc3ccccc3c2)c1)S(=O)(=O)c1cc(Cl)cc(Cl)c1. The van der Waals surface area contributed by atoms with Crippen molar-refractivity contribution in [3.05, 3.63) is 101 Å². The number of unbranched alkanes of at least 4 members (excludes halogenated alkanes) is 1. The zero-order valence-electron chi connectivity index (χ0n) is 21.2. The summed E-state index contributed by atoms with van der Waals surface area (Å²) in [5.41, 5.74) is 2.19. The van der Waals surface area contributed by atoms with Crippen LogP contribution >= 0.6 is 23.2 Å². The van der Waals surface area contributed by atoms with Crippen molar-refractivity contribution in [2.24, 2.45) is 0 Å². The number of carbonyl (C=O) groups excluding carboxylic acids is 1. The Hall–Kier alpha value is -3.52. The number of esters is 1. The van der Waals surface area contributed by atoms with Crippen molar-refractivity contribution < 1.29 is 17.9 Å². The number of fused-ring (bicyclic) bond motifs is 2. The third-order valence-corrected chi connectivity index (χ3v) is 8.62. The smallest absolute Gasteiger partial charge is 0.326 e. The van der Waals surface area contributed by atoms with Gasteiger partial charge in [0.25, 0.3) is 10.0 Å². The molecule has 5 rings (SSSR count). The third-order valence-electron chi connectivity index (χ3n) is 6.43. The van der Waals surface area contributed by atoms with Crippen LogP contribution < -0.4 is 4.31 Å². The minimum atomic E-state index is -4.21. The van der Waals surface area contributed by atoms with Crippen molar-refractivity contribution in [3.63, 3.8) is 0 Å². The number of halogens is 2. The molecule has 1 heterocycles. The molecule has 0 radical (unpaired) electrons. The molecule has 0 aliphatic heterocycles. The fraction of sp³-hybridized carbons (Fsp3) is 0.167. The van der Waals surface area contributed by atoms with Gasteiger partial charge in [0.1, 0.15) is 6.54 Å². The molecule has 9 heteroatoms. The first-order valence-electron chi connectivity index (χ1n) is 12.5. The summed E-state index contributed by atoms with van der Waals surface area (Å²) in [6.45, 7) is 1.71. The molecule has 0 aliphatic rings. The molecule has 0 unspecified atom stereocenters. The predicted molar refractivity (Wildman–Crippen MR) is 158 cm³/mol. The van der Waals surface area contributed by atoms with Crippen LogP contribution in [-0.4, -0.2) is 32.1 Å². The van der Waals surface area contributed by atoms with Gasteiger partial charge >= 0.3 is 5.97 Å².